The van der Waals surface area contributed by atoms with Gasteiger partial charge in [0.2, 0.25) is 0 Å². The fourth-order valence-electron chi connectivity index (χ4n) is 7.77. The SMILES string of the molecule is CCCC1CCC2C3CC=C4C[C@@H](C)CC[C@]4(C)C3CC[C@]12C. The molecule has 0 aromatic carbocycles. The van der Waals surface area contributed by atoms with E-state index >= 15 is 0 Å². The first-order valence-electron chi connectivity index (χ1n) is 10.7. The molecule has 3 fully saturated rings. The molecule has 0 amide bonds. The van der Waals surface area contributed by atoms with E-state index < -0.39 is 0 Å². The van der Waals surface area contributed by atoms with Gasteiger partial charge in [-0.1, -0.05) is 52.2 Å². The van der Waals surface area contributed by atoms with Crippen molar-refractivity contribution in [3.8, 4) is 0 Å². The van der Waals surface area contributed by atoms with Crippen molar-refractivity contribution in [1.29, 1.82) is 0 Å². The van der Waals surface area contributed by atoms with Gasteiger partial charge in [-0.2, -0.15) is 0 Å². The minimum absolute atomic E-state index is 0.569. The maximum atomic E-state index is 2.73. The first-order chi connectivity index (χ1) is 11.0. The zero-order valence-corrected chi connectivity index (χ0v) is 16.0. The van der Waals surface area contributed by atoms with Crippen LogP contribution in [0.5, 0.6) is 0 Å². The van der Waals surface area contributed by atoms with Crippen LogP contribution < -0.4 is 0 Å². The van der Waals surface area contributed by atoms with Crippen molar-refractivity contribution in [1.82, 2.24) is 0 Å². The van der Waals surface area contributed by atoms with Crippen LogP contribution in [0.25, 0.3) is 0 Å². The molecule has 130 valence electrons. The summed E-state index contributed by atoms with van der Waals surface area (Å²) in [5.41, 5.74) is 3.12. The van der Waals surface area contributed by atoms with Crippen LogP contribution in [0.2, 0.25) is 0 Å². The molecule has 0 saturated heterocycles. The van der Waals surface area contributed by atoms with Crippen molar-refractivity contribution in [3.63, 3.8) is 0 Å². The molecule has 0 spiro atoms. The Kier molecular flexibility index (Phi) is 3.97. The first kappa shape index (κ1) is 16.2. The Labute approximate surface area is 144 Å². The molecule has 3 saturated carbocycles. The normalized spacial score (nSPS) is 52.3. The molecule has 0 aromatic heterocycles. The van der Waals surface area contributed by atoms with Crippen molar-refractivity contribution in [2.24, 2.45) is 40.4 Å². The van der Waals surface area contributed by atoms with Gasteiger partial charge in [0, 0.05) is 0 Å². The molecule has 4 aliphatic carbocycles. The number of allylic oxidation sites excluding steroid dienone is 2. The number of hydrogen-bond acceptors (Lipinski definition) is 0. The molecule has 0 bridgehead atoms. The van der Waals surface area contributed by atoms with Gasteiger partial charge in [0.05, 0.1) is 0 Å². The lowest BCUT2D eigenvalue weighted by Gasteiger charge is -2.58. The molecule has 7 atom stereocenters. The van der Waals surface area contributed by atoms with Crippen LogP contribution in [0.1, 0.15) is 91.9 Å². The fourth-order valence-corrected chi connectivity index (χ4v) is 7.77. The summed E-state index contributed by atoms with van der Waals surface area (Å²) >= 11 is 0. The average Bonchev–Trinajstić information content (AvgIpc) is 2.85. The van der Waals surface area contributed by atoms with E-state index in [4.69, 9.17) is 0 Å². The van der Waals surface area contributed by atoms with Gasteiger partial charge in [0.15, 0.2) is 0 Å². The average molecular weight is 315 g/mol. The maximum absolute atomic E-state index is 2.73. The summed E-state index contributed by atoms with van der Waals surface area (Å²) in [5.74, 6) is 5.01. The van der Waals surface area contributed by atoms with Crippen LogP contribution in [0.15, 0.2) is 11.6 Å². The van der Waals surface area contributed by atoms with Gasteiger partial charge < -0.3 is 0 Å². The Morgan fingerprint density at radius 3 is 2.65 bits per heavy atom. The van der Waals surface area contributed by atoms with Gasteiger partial charge in [-0.3, -0.25) is 0 Å². The summed E-state index contributed by atoms with van der Waals surface area (Å²) in [6.07, 6.45) is 17.5. The number of rotatable bonds is 2. The Morgan fingerprint density at radius 2 is 1.87 bits per heavy atom. The molecular weight excluding hydrogens is 276 g/mol. The van der Waals surface area contributed by atoms with E-state index in [1.807, 2.05) is 5.57 Å². The molecule has 4 rings (SSSR count). The van der Waals surface area contributed by atoms with Crippen LogP contribution in [-0.4, -0.2) is 0 Å². The van der Waals surface area contributed by atoms with Gasteiger partial charge in [0.1, 0.15) is 0 Å². The maximum Gasteiger partial charge on any atom is -0.00851 e. The third-order valence-electron chi connectivity index (χ3n) is 9.18. The molecule has 0 heteroatoms. The van der Waals surface area contributed by atoms with Gasteiger partial charge in [-0.25, -0.2) is 0 Å². The van der Waals surface area contributed by atoms with Crippen LogP contribution in [-0.2, 0) is 0 Å². The van der Waals surface area contributed by atoms with Crippen molar-refractivity contribution in [3.05, 3.63) is 11.6 Å². The molecule has 23 heavy (non-hydrogen) atoms. The van der Waals surface area contributed by atoms with E-state index in [0.717, 1.165) is 29.6 Å². The van der Waals surface area contributed by atoms with Crippen molar-refractivity contribution in [2.45, 2.75) is 91.9 Å². The lowest BCUT2D eigenvalue weighted by Crippen LogP contribution is -2.49. The minimum Gasteiger partial charge on any atom is -0.0845 e. The van der Waals surface area contributed by atoms with Crippen molar-refractivity contribution >= 4 is 0 Å². The summed E-state index contributed by atoms with van der Waals surface area (Å²) in [7, 11) is 0. The Bertz CT molecular complexity index is 488. The van der Waals surface area contributed by atoms with Crippen LogP contribution >= 0.6 is 0 Å². The lowest BCUT2D eigenvalue weighted by atomic mass is 9.47. The molecule has 4 aliphatic rings. The summed E-state index contributed by atoms with van der Waals surface area (Å²) < 4.78 is 0. The molecule has 0 heterocycles. The predicted octanol–water partition coefficient (Wildman–Crippen LogP) is 7.00. The second kappa shape index (κ2) is 5.63. The molecular formula is C23H38. The molecule has 0 aliphatic heterocycles. The fraction of sp³-hybridized carbons (Fsp3) is 0.913. The topological polar surface area (TPSA) is 0 Å². The summed E-state index contributed by atoms with van der Waals surface area (Å²) in [6, 6.07) is 0. The van der Waals surface area contributed by atoms with Crippen LogP contribution in [0, 0.1) is 40.4 Å². The molecule has 0 nitrogen and oxygen atoms in total. The highest BCUT2D eigenvalue weighted by Crippen LogP contribution is 2.66. The van der Waals surface area contributed by atoms with E-state index in [1.165, 1.54) is 64.2 Å². The van der Waals surface area contributed by atoms with E-state index in [0.29, 0.717) is 10.8 Å². The highest BCUT2D eigenvalue weighted by atomic mass is 14.6. The van der Waals surface area contributed by atoms with Gasteiger partial charge in [0.25, 0.3) is 0 Å². The first-order valence-corrected chi connectivity index (χ1v) is 10.7. The monoisotopic (exact) mass is 314 g/mol. The number of fused-ring (bicyclic) bond motifs is 5. The third-order valence-corrected chi connectivity index (χ3v) is 9.18. The zero-order valence-electron chi connectivity index (χ0n) is 16.0. The smallest absolute Gasteiger partial charge is 0.00851 e. The highest BCUT2D eigenvalue weighted by molar-refractivity contribution is 5.24. The van der Waals surface area contributed by atoms with Crippen molar-refractivity contribution in [2.75, 3.05) is 0 Å². The van der Waals surface area contributed by atoms with Gasteiger partial charge in [-0.05, 0) is 91.8 Å². The Hall–Kier alpha value is -0.260. The van der Waals surface area contributed by atoms with Crippen LogP contribution in [0.3, 0.4) is 0 Å². The van der Waals surface area contributed by atoms with Gasteiger partial charge in [-0.15, -0.1) is 0 Å². The Balaban J connectivity index is 1.62. The van der Waals surface area contributed by atoms with Crippen LogP contribution in [0.4, 0.5) is 0 Å². The largest absolute Gasteiger partial charge is 0.0845 e. The highest BCUT2D eigenvalue weighted by Gasteiger charge is 2.57. The predicted molar refractivity (Wildman–Crippen MR) is 99.3 cm³/mol. The third kappa shape index (κ3) is 2.30. The lowest BCUT2D eigenvalue weighted by molar-refractivity contribution is -0.0448. The van der Waals surface area contributed by atoms with Gasteiger partial charge >= 0.3 is 0 Å². The zero-order chi connectivity index (χ0) is 16.2. The number of hydrogen-bond donors (Lipinski definition) is 0. The molecule has 0 N–H and O–H groups in total. The summed E-state index contributed by atoms with van der Waals surface area (Å²) in [4.78, 5) is 0. The van der Waals surface area contributed by atoms with Crippen molar-refractivity contribution < 1.29 is 0 Å². The molecule has 0 aromatic rings. The van der Waals surface area contributed by atoms with E-state index in [-0.39, 0.29) is 0 Å². The quantitative estimate of drug-likeness (QED) is 0.481. The van der Waals surface area contributed by atoms with E-state index in [1.54, 1.807) is 0 Å². The second-order valence-electron chi connectivity index (χ2n) is 10.2. The molecule has 4 unspecified atom stereocenters. The standard InChI is InChI=1S/C23H38/c1-5-6-17-8-10-20-19-9-7-18-15-16(2)11-13-23(18,4)21(19)12-14-22(17,20)3/h7,16-17,19-21H,5-6,8-15H2,1-4H3/t16-,17?,19?,20?,21?,22+,23-/m0/s1. The Morgan fingerprint density at radius 1 is 1.04 bits per heavy atom. The second-order valence-corrected chi connectivity index (χ2v) is 10.2. The van der Waals surface area contributed by atoms with E-state index in [9.17, 15) is 0 Å². The van der Waals surface area contributed by atoms with E-state index in [2.05, 4.69) is 33.8 Å². The minimum atomic E-state index is 0.569. The summed E-state index contributed by atoms with van der Waals surface area (Å²) in [6.45, 7) is 10.2. The summed E-state index contributed by atoms with van der Waals surface area (Å²) in [5, 5.41) is 0. The molecule has 0 radical (unpaired) electrons.